The van der Waals surface area contributed by atoms with E-state index in [1.807, 2.05) is 18.4 Å². The Morgan fingerprint density at radius 2 is 2.17 bits per heavy atom. The second kappa shape index (κ2) is 8.29. The monoisotopic (exact) mass is 323 g/mol. The maximum atomic E-state index is 12.2. The Kier molecular flexibility index (Phi) is 6.38. The fourth-order valence-corrected chi connectivity index (χ4v) is 3.34. The van der Waals surface area contributed by atoms with Crippen LogP contribution in [0.3, 0.4) is 0 Å². The van der Waals surface area contributed by atoms with Crippen molar-refractivity contribution in [3.8, 4) is 0 Å². The van der Waals surface area contributed by atoms with Gasteiger partial charge in [0.1, 0.15) is 12.2 Å². The van der Waals surface area contributed by atoms with Gasteiger partial charge in [-0.15, -0.1) is 10.2 Å². The van der Waals surface area contributed by atoms with Crippen LogP contribution in [0.15, 0.2) is 6.33 Å². The number of carbonyl (C=O) groups excluding carboxylic acids is 1. The molecule has 2 amide bonds. The summed E-state index contributed by atoms with van der Waals surface area (Å²) in [6.07, 6.45) is 8.24. The molecule has 2 rings (SSSR count). The molecule has 1 heterocycles. The molecule has 0 aromatic carbocycles. The number of carbonyl (C=O) groups is 1. The van der Waals surface area contributed by atoms with E-state index >= 15 is 0 Å². The van der Waals surface area contributed by atoms with Gasteiger partial charge in [0.2, 0.25) is 0 Å². The minimum atomic E-state index is -0.546. The first-order valence-corrected chi connectivity index (χ1v) is 8.62. The Hall–Kier alpha value is -1.63. The van der Waals surface area contributed by atoms with Crippen LogP contribution in [0.5, 0.6) is 0 Å². The maximum Gasteiger partial charge on any atom is 0.315 e. The highest BCUT2D eigenvalue weighted by molar-refractivity contribution is 5.74. The topological polar surface area (TPSA) is 92.1 Å². The highest BCUT2D eigenvalue weighted by Gasteiger charge is 2.35. The summed E-state index contributed by atoms with van der Waals surface area (Å²) in [6, 6.07) is -0.224. The van der Waals surface area contributed by atoms with Crippen molar-refractivity contribution in [2.24, 2.45) is 5.92 Å². The van der Waals surface area contributed by atoms with Gasteiger partial charge in [-0.25, -0.2) is 4.79 Å². The van der Waals surface area contributed by atoms with Gasteiger partial charge in [-0.1, -0.05) is 26.2 Å². The van der Waals surface area contributed by atoms with Crippen LogP contribution in [0.2, 0.25) is 0 Å². The molecule has 23 heavy (non-hydrogen) atoms. The van der Waals surface area contributed by atoms with E-state index in [1.54, 1.807) is 6.33 Å². The fourth-order valence-electron chi connectivity index (χ4n) is 3.34. The van der Waals surface area contributed by atoms with Crippen LogP contribution in [0.25, 0.3) is 0 Å². The van der Waals surface area contributed by atoms with Crippen LogP contribution in [0, 0.1) is 5.92 Å². The van der Waals surface area contributed by atoms with Crippen LogP contribution >= 0.6 is 0 Å². The SMILES string of the molecule is CCc1nncn1CCNC(=O)N[C@](C)(CO)C1CCCCC1. The summed E-state index contributed by atoms with van der Waals surface area (Å²) < 4.78 is 1.94. The summed E-state index contributed by atoms with van der Waals surface area (Å²) in [4.78, 5) is 12.2. The molecular formula is C16H29N5O2. The molecule has 1 atom stereocenters. The van der Waals surface area contributed by atoms with Gasteiger partial charge in [0.05, 0.1) is 12.1 Å². The molecule has 0 radical (unpaired) electrons. The summed E-state index contributed by atoms with van der Waals surface area (Å²) in [5, 5.41) is 23.5. The van der Waals surface area contributed by atoms with Crippen LogP contribution in [-0.2, 0) is 13.0 Å². The zero-order valence-electron chi connectivity index (χ0n) is 14.2. The van der Waals surface area contributed by atoms with Crippen LogP contribution in [0.4, 0.5) is 4.79 Å². The van der Waals surface area contributed by atoms with Crippen molar-refractivity contribution in [3.63, 3.8) is 0 Å². The van der Waals surface area contributed by atoms with Crippen LogP contribution in [0.1, 0.15) is 51.8 Å². The molecule has 1 aromatic heterocycles. The van der Waals surface area contributed by atoms with Gasteiger partial charge >= 0.3 is 6.03 Å². The fraction of sp³-hybridized carbons (Fsp3) is 0.812. The number of rotatable bonds is 7. The molecule has 130 valence electrons. The highest BCUT2D eigenvalue weighted by Crippen LogP contribution is 2.32. The molecule has 0 bridgehead atoms. The predicted molar refractivity (Wildman–Crippen MR) is 88.0 cm³/mol. The van der Waals surface area contributed by atoms with E-state index in [0.29, 0.717) is 19.0 Å². The van der Waals surface area contributed by atoms with Gasteiger partial charge in [0, 0.05) is 19.5 Å². The third kappa shape index (κ3) is 4.67. The maximum absolute atomic E-state index is 12.2. The molecule has 1 aliphatic carbocycles. The Bertz CT molecular complexity index is 498. The lowest BCUT2D eigenvalue weighted by atomic mass is 9.76. The number of aryl methyl sites for hydroxylation is 1. The normalized spacial score (nSPS) is 18.4. The molecule has 0 spiro atoms. The number of urea groups is 1. The molecule has 0 aliphatic heterocycles. The lowest BCUT2D eigenvalue weighted by Crippen LogP contribution is -2.57. The zero-order chi connectivity index (χ0) is 16.7. The lowest BCUT2D eigenvalue weighted by molar-refractivity contribution is 0.101. The van der Waals surface area contributed by atoms with E-state index in [9.17, 15) is 9.90 Å². The average molecular weight is 323 g/mol. The lowest BCUT2D eigenvalue weighted by Gasteiger charge is -2.39. The number of aromatic nitrogens is 3. The van der Waals surface area contributed by atoms with Gasteiger partial charge < -0.3 is 20.3 Å². The Labute approximate surface area is 137 Å². The molecule has 7 heteroatoms. The summed E-state index contributed by atoms with van der Waals surface area (Å²) in [5.74, 6) is 1.26. The number of hydrogen-bond donors (Lipinski definition) is 3. The average Bonchev–Trinajstić information content (AvgIpc) is 3.03. The third-order valence-electron chi connectivity index (χ3n) is 4.88. The van der Waals surface area contributed by atoms with E-state index in [2.05, 4.69) is 20.8 Å². The summed E-state index contributed by atoms with van der Waals surface area (Å²) in [7, 11) is 0. The smallest absolute Gasteiger partial charge is 0.315 e. The van der Waals surface area contributed by atoms with E-state index in [1.165, 1.54) is 19.3 Å². The van der Waals surface area contributed by atoms with Crippen molar-refractivity contribution in [2.45, 2.75) is 64.5 Å². The number of hydrogen-bond acceptors (Lipinski definition) is 4. The van der Waals surface area contributed by atoms with Crippen molar-refractivity contribution in [1.29, 1.82) is 0 Å². The second-order valence-corrected chi connectivity index (χ2v) is 6.59. The van der Waals surface area contributed by atoms with E-state index in [4.69, 9.17) is 0 Å². The third-order valence-corrected chi connectivity index (χ3v) is 4.88. The molecule has 0 saturated heterocycles. The predicted octanol–water partition coefficient (Wildman–Crippen LogP) is 1.47. The highest BCUT2D eigenvalue weighted by atomic mass is 16.3. The van der Waals surface area contributed by atoms with Crippen LogP contribution < -0.4 is 10.6 Å². The molecule has 1 fully saturated rings. The van der Waals surface area contributed by atoms with E-state index < -0.39 is 5.54 Å². The number of amides is 2. The molecule has 7 nitrogen and oxygen atoms in total. The van der Waals surface area contributed by atoms with Gasteiger partial charge in [0.15, 0.2) is 0 Å². The Morgan fingerprint density at radius 3 is 2.83 bits per heavy atom. The largest absolute Gasteiger partial charge is 0.394 e. The van der Waals surface area contributed by atoms with Crippen molar-refractivity contribution in [1.82, 2.24) is 25.4 Å². The first-order chi connectivity index (χ1) is 11.1. The van der Waals surface area contributed by atoms with Crippen molar-refractivity contribution in [2.75, 3.05) is 13.2 Å². The van der Waals surface area contributed by atoms with E-state index in [0.717, 1.165) is 25.1 Å². The molecule has 3 N–H and O–H groups in total. The zero-order valence-corrected chi connectivity index (χ0v) is 14.2. The van der Waals surface area contributed by atoms with Gasteiger partial charge in [-0.2, -0.15) is 0 Å². The standard InChI is InChI=1S/C16H29N5O2/c1-3-14-20-18-12-21(14)10-9-17-15(23)19-16(2,11-22)13-7-5-4-6-8-13/h12-13,22H,3-11H2,1-2H3,(H2,17,19,23)/t16-/m1/s1. The molecule has 1 saturated carbocycles. The number of nitrogens with one attached hydrogen (secondary N) is 2. The van der Waals surface area contributed by atoms with E-state index in [-0.39, 0.29) is 12.6 Å². The number of aliphatic hydroxyl groups is 1. The van der Waals surface area contributed by atoms with Crippen molar-refractivity contribution >= 4 is 6.03 Å². The number of aliphatic hydroxyl groups excluding tert-OH is 1. The Balaban J connectivity index is 1.80. The Morgan fingerprint density at radius 1 is 1.43 bits per heavy atom. The second-order valence-electron chi connectivity index (χ2n) is 6.59. The van der Waals surface area contributed by atoms with Crippen LogP contribution in [-0.4, -0.2) is 44.6 Å². The van der Waals surface area contributed by atoms with Gasteiger partial charge in [-0.3, -0.25) is 0 Å². The summed E-state index contributed by atoms with van der Waals surface area (Å²) in [5.41, 5.74) is -0.546. The van der Waals surface area contributed by atoms with Gasteiger partial charge in [0.25, 0.3) is 0 Å². The summed E-state index contributed by atoms with van der Waals surface area (Å²) >= 11 is 0. The van der Waals surface area contributed by atoms with Crippen molar-refractivity contribution < 1.29 is 9.90 Å². The first-order valence-electron chi connectivity index (χ1n) is 8.62. The molecule has 0 unspecified atom stereocenters. The minimum absolute atomic E-state index is 0.0312. The molecule has 1 aromatic rings. The first kappa shape index (κ1) is 17.7. The minimum Gasteiger partial charge on any atom is -0.394 e. The van der Waals surface area contributed by atoms with Gasteiger partial charge in [-0.05, 0) is 25.7 Å². The molecular weight excluding hydrogens is 294 g/mol. The molecule has 1 aliphatic rings. The number of nitrogens with zero attached hydrogens (tertiary/aromatic N) is 3. The van der Waals surface area contributed by atoms with Crippen molar-refractivity contribution in [3.05, 3.63) is 12.2 Å². The summed E-state index contributed by atoms with van der Waals surface area (Å²) in [6.45, 7) is 5.08. The quantitative estimate of drug-likeness (QED) is 0.708.